The third-order valence-corrected chi connectivity index (χ3v) is 5.08. The fourth-order valence-electron chi connectivity index (χ4n) is 2.86. The van der Waals surface area contributed by atoms with Crippen molar-refractivity contribution >= 4 is 29.2 Å². The van der Waals surface area contributed by atoms with Crippen molar-refractivity contribution in [2.75, 3.05) is 17.1 Å². The molecule has 5 heteroatoms. The molecule has 0 saturated heterocycles. The second kappa shape index (κ2) is 8.11. The molecule has 1 amide bonds. The average molecular weight is 342 g/mol. The van der Waals surface area contributed by atoms with Gasteiger partial charge >= 0.3 is 0 Å². The maximum Gasteiger partial charge on any atom is 0.227 e. The van der Waals surface area contributed by atoms with E-state index in [1.807, 2.05) is 48.5 Å². The number of methoxy groups -OCH3 is 1. The van der Waals surface area contributed by atoms with Crippen molar-refractivity contribution in [3.63, 3.8) is 0 Å². The maximum absolute atomic E-state index is 12.4. The van der Waals surface area contributed by atoms with Gasteiger partial charge in [0.05, 0.1) is 18.5 Å². The molecule has 3 rings (SSSR count). The molecule has 1 aliphatic carbocycles. The molecule has 0 aromatic heterocycles. The van der Waals surface area contributed by atoms with E-state index in [1.165, 1.54) is 11.9 Å². The minimum Gasteiger partial charge on any atom is -0.497 e. The van der Waals surface area contributed by atoms with Gasteiger partial charge in [-0.25, -0.2) is 0 Å². The van der Waals surface area contributed by atoms with Gasteiger partial charge in [-0.1, -0.05) is 25.0 Å². The lowest BCUT2D eigenvalue weighted by Gasteiger charge is -2.15. The van der Waals surface area contributed by atoms with E-state index in [0.717, 1.165) is 47.7 Å². The van der Waals surface area contributed by atoms with Crippen LogP contribution in [-0.4, -0.2) is 13.0 Å². The van der Waals surface area contributed by atoms with Gasteiger partial charge in [-0.2, -0.15) is 0 Å². The van der Waals surface area contributed by atoms with Crippen molar-refractivity contribution in [3.05, 3.63) is 48.5 Å². The van der Waals surface area contributed by atoms with Gasteiger partial charge in [0.1, 0.15) is 5.75 Å². The second-order valence-electron chi connectivity index (χ2n) is 5.90. The van der Waals surface area contributed by atoms with E-state index in [2.05, 4.69) is 10.0 Å². The van der Waals surface area contributed by atoms with Gasteiger partial charge in [-0.05, 0) is 61.2 Å². The van der Waals surface area contributed by atoms with Crippen molar-refractivity contribution in [1.82, 2.24) is 0 Å². The van der Waals surface area contributed by atoms with Gasteiger partial charge in [-0.3, -0.25) is 4.79 Å². The highest BCUT2D eigenvalue weighted by Crippen LogP contribution is 2.30. The number of carbonyl (C=O) groups is 1. The summed E-state index contributed by atoms with van der Waals surface area (Å²) in [5, 5.41) is 3.07. The van der Waals surface area contributed by atoms with Crippen molar-refractivity contribution < 1.29 is 9.53 Å². The molecule has 0 atom stereocenters. The van der Waals surface area contributed by atoms with Crippen LogP contribution in [-0.2, 0) is 4.79 Å². The molecule has 0 spiro atoms. The molecule has 1 fully saturated rings. The van der Waals surface area contributed by atoms with Crippen molar-refractivity contribution in [1.29, 1.82) is 0 Å². The van der Waals surface area contributed by atoms with Crippen LogP contribution in [0.3, 0.4) is 0 Å². The lowest BCUT2D eigenvalue weighted by molar-refractivity contribution is -0.119. The van der Waals surface area contributed by atoms with Gasteiger partial charge in [0.2, 0.25) is 5.91 Å². The molecule has 1 saturated carbocycles. The molecule has 0 heterocycles. The summed E-state index contributed by atoms with van der Waals surface area (Å²) in [6, 6.07) is 15.7. The Bertz CT molecular complexity index is 682. The quantitative estimate of drug-likeness (QED) is 0.730. The van der Waals surface area contributed by atoms with Crippen LogP contribution < -0.4 is 14.8 Å². The van der Waals surface area contributed by atoms with Crippen LogP contribution in [0.5, 0.6) is 5.75 Å². The number of benzene rings is 2. The van der Waals surface area contributed by atoms with Gasteiger partial charge in [0.15, 0.2) is 0 Å². The van der Waals surface area contributed by atoms with Crippen LogP contribution in [0.25, 0.3) is 0 Å². The summed E-state index contributed by atoms with van der Waals surface area (Å²) in [7, 11) is 1.66. The Morgan fingerprint density at radius 3 is 2.38 bits per heavy atom. The zero-order valence-electron chi connectivity index (χ0n) is 13.7. The number of rotatable bonds is 6. The summed E-state index contributed by atoms with van der Waals surface area (Å²) in [6.07, 6.45) is 4.32. The number of ether oxygens (including phenoxy) is 1. The largest absolute Gasteiger partial charge is 0.497 e. The first-order valence-corrected chi connectivity index (χ1v) is 9.05. The summed E-state index contributed by atoms with van der Waals surface area (Å²) in [4.78, 5) is 13.4. The number of nitrogens with one attached hydrogen (secondary N) is 2. The SMILES string of the molecule is COc1ccc(SNc2ccccc2NC(=O)C2CCCC2)cc1. The van der Waals surface area contributed by atoms with Crippen LogP contribution in [0.15, 0.2) is 53.4 Å². The number of para-hydroxylation sites is 2. The molecule has 0 bridgehead atoms. The van der Waals surface area contributed by atoms with E-state index in [1.54, 1.807) is 7.11 Å². The number of carbonyl (C=O) groups excluding carboxylic acids is 1. The van der Waals surface area contributed by atoms with E-state index in [-0.39, 0.29) is 11.8 Å². The number of anilines is 2. The maximum atomic E-state index is 12.4. The lowest BCUT2D eigenvalue weighted by Crippen LogP contribution is -2.20. The number of amides is 1. The predicted molar refractivity (Wildman–Crippen MR) is 99.5 cm³/mol. The summed E-state index contributed by atoms with van der Waals surface area (Å²) in [6.45, 7) is 0. The first-order chi connectivity index (χ1) is 11.8. The fraction of sp³-hybridized carbons (Fsp3) is 0.316. The minimum absolute atomic E-state index is 0.135. The molecule has 1 aliphatic rings. The second-order valence-corrected chi connectivity index (χ2v) is 6.78. The molecule has 24 heavy (non-hydrogen) atoms. The van der Waals surface area contributed by atoms with Gasteiger partial charge in [-0.15, -0.1) is 0 Å². The molecule has 4 nitrogen and oxygen atoms in total. The third-order valence-electron chi connectivity index (χ3n) is 4.25. The Balaban J connectivity index is 1.63. The molecule has 0 radical (unpaired) electrons. The first-order valence-electron chi connectivity index (χ1n) is 8.23. The molecule has 2 aromatic rings. The Morgan fingerprint density at radius 2 is 1.71 bits per heavy atom. The van der Waals surface area contributed by atoms with Crippen molar-refractivity contribution in [3.8, 4) is 5.75 Å². The summed E-state index contributed by atoms with van der Waals surface area (Å²) < 4.78 is 8.49. The molecular weight excluding hydrogens is 320 g/mol. The van der Waals surface area contributed by atoms with E-state index >= 15 is 0 Å². The highest BCUT2D eigenvalue weighted by Gasteiger charge is 2.23. The van der Waals surface area contributed by atoms with E-state index in [0.29, 0.717) is 0 Å². The van der Waals surface area contributed by atoms with Crippen molar-refractivity contribution in [2.45, 2.75) is 30.6 Å². The van der Waals surface area contributed by atoms with Crippen LogP contribution >= 0.6 is 11.9 Å². The van der Waals surface area contributed by atoms with Crippen molar-refractivity contribution in [2.24, 2.45) is 5.92 Å². The molecule has 2 N–H and O–H groups in total. The summed E-state index contributed by atoms with van der Waals surface area (Å²) in [5.41, 5.74) is 1.74. The molecule has 0 aliphatic heterocycles. The molecule has 2 aromatic carbocycles. The van der Waals surface area contributed by atoms with Gasteiger partial charge in [0, 0.05) is 10.8 Å². The zero-order valence-corrected chi connectivity index (χ0v) is 14.6. The number of hydrogen-bond donors (Lipinski definition) is 2. The normalized spacial score (nSPS) is 14.4. The Hall–Kier alpha value is -2.14. The van der Waals surface area contributed by atoms with Gasteiger partial charge < -0.3 is 14.8 Å². The zero-order chi connectivity index (χ0) is 16.8. The van der Waals surface area contributed by atoms with Crippen LogP contribution in [0, 0.1) is 5.92 Å². The fourth-order valence-corrected chi connectivity index (χ4v) is 3.54. The Kier molecular flexibility index (Phi) is 5.64. The summed E-state index contributed by atoms with van der Waals surface area (Å²) >= 11 is 1.51. The van der Waals surface area contributed by atoms with E-state index in [9.17, 15) is 4.79 Å². The third kappa shape index (κ3) is 4.23. The molecule has 0 unspecified atom stereocenters. The lowest BCUT2D eigenvalue weighted by atomic mass is 10.1. The minimum atomic E-state index is 0.135. The Labute approximate surface area is 147 Å². The van der Waals surface area contributed by atoms with Crippen LogP contribution in [0.4, 0.5) is 11.4 Å². The standard InChI is InChI=1S/C19H22N2O2S/c1-23-15-10-12-16(13-11-15)24-21-18-9-5-4-8-17(18)20-19(22)14-6-2-3-7-14/h4-5,8-14,21H,2-3,6-7H2,1H3,(H,20,22). The van der Waals surface area contributed by atoms with E-state index in [4.69, 9.17) is 4.74 Å². The highest BCUT2D eigenvalue weighted by molar-refractivity contribution is 8.00. The molecular formula is C19H22N2O2S. The van der Waals surface area contributed by atoms with Gasteiger partial charge in [0.25, 0.3) is 0 Å². The average Bonchev–Trinajstić information content (AvgIpc) is 3.16. The number of hydrogen-bond acceptors (Lipinski definition) is 4. The Morgan fingerprint density at radius 1 is 1.04 bits per heavy atom. The monoisotopic (exact) mass is 342 g/mol. The first kappa shape index (κ1) is 16.7. The predicted octanol–water partition coefficient (Wildman–Crippen LogP) is 4.94. The molecule has 126 valence electrons. The van der Waals surface area contributed by atoms with E-state index < -0.39 is 0 Å². The smallest absolute Gasteiger partial charge is 0.227 e. The van der Waals surface area contributed by atoms with Crippen LogP contribution in [0.1, 0.15) is 25.7 Å². The highest BCUT2D eigenvalue weighted by atomic mass is 32.2. The summed E-state index contributed by atoms with van der Waals surface area (Å²) in [5.74, 6) is 1.13. The topological polar surface area (TPSA) is 50.4 Å². The van der Waals surface area contributed by atoms with Crippen LogP contribution in [0.2, 0.25) is 0 Å².